The van der Waals surface area contributed by atoms with E-state index in [4.69, 9.17) is 11.6 Å². The Hall–Kier alpha value is -1.75. The molecule has 3 heterocycles. The van der Waals surface area contributed by atoms with E-state index >= 15 is 0 Å². The van der Waals surface area contributed by atoms with Crippen LogP contribution < -0.4 is 10.6 Å². The van der Waals surface area contributed by atoms with E-state index in [0.717, 1.165) is 37.9 Å². The standard InChI is InChI=1S/C19H24BrClN6O2S/c1-19(2)16(28)25-18(29)27(19)8-6-22-17-23-10-12(20)14(24-17)13-9-11(15(21)30-13)5-7-26(3)4/h9-10H,5-8H2,1-4H3,(H,22,23,24)(H,25,28,29). The van der Waals surface area contributed by atoms with Gasteiger partial charge in [-0.05, 0) is 61.9 Å². The van der Waals surface area contributed by atoms with Crippen molar-refractivity contribution in [2.75, 3.05) is 39.0 Å². The zero-order valence-electron chi connectivity index (χ0n) is 17.3. The molecule has 2 aromatic heterocycles. The molecule has 0 unspecified atom stereocenters. The summed E-state index contributed by atoms with van der Waals surface area (Å²) in [7, 11) is 4.06. The summed E-state index contributed by atoms with van der Waals surface area (Å²) >= 11 is 11.4. The molecule has 1 aliphatic heterocycles. The second kappa shape index (κ2) is 9.17. The summed E-state index contributed by atoms with van der Waals surface area (Å²) in [5.41, 5.74) is 0.975. The second-order valence-electron chi connectivity index (χ2n) is 7.75. The number of aromatic nitrogens is 2. The minimum atomic E-state index is -0.874. The molecule has 3 rings (SSSR count). The fourth-order valence-corrected chi connectivity index (χ4v) is 4.89. The first-order valence-corrected chi connectivity index (χ1v) is 11.4. The van der Waals surface area contributed by atoms with Crippen LogP contribution in [0.25, 0.3) is 10.6 Å². The van der Waals surface area contributed by atoms with Crippen LogP contribution in [-0.4, -0.2) is 71.0 Å². The van der Waals surface area contributed by atoms with Gasteiger partial charge in [0.15, 0.2) is 0 Å². The van der Waals surface area contributed by atoms with Crippen molar-refractivity contribution in [1.29, 1.82) is 0 Å². The minimum Gasteiger partial charge on any atom is -0.352 e. The van der Waals surface area contributed by atoms with Crippen molar-refractivity contribution in [3.05, 3.63) is 26.6 Å². The molecule has 2 aromatic rings. The Morgan fingerprint density at radius 3 is 2.73 bits per heavy atom. The molecular formula is C19H24BrClN6O2S. The van der Waals surface area contributed by atoms with Gasteiger partial charge in [-0.2, -0.15) is 0 Å². The van der Waals surface area contributed by atoms with Crippen molar-refractivity contribution < 1.29 is 9.59 Å². The van der Waals surface area contributed by atoms with Crippen LogP contribution in [0.1, 0.15) is 19.4 Å². The Balaban J connectivity index is 1.69. The van der Waals surface area contributed by atoms with E-state index in [9.17, 15) is 9.59 Å². The first-order valence-electron chi connectivity index (χ1n) is 9.42. The summed E-state index contributed by atoms with van der Waals surface area (Å²) in [6.07, 6.45) is 2.55. The molecule has 2 N–H and O–H groups in total. The molecule has 0 radical (unpaired) electrons. The summed E-state index contributed by atoms with van der Waals surface area (Å²) in [4.78, 5) is 37.3. The van der Waals surface area contributed by atoms with Crippen molar-refractivity contribution in [2.45, 2.75) is 25.8 Å². The third-order valence-electron chi connectivity index (χ3n) is 4.88. The highest BCUT2D eigenvalue weighted by Gasteiger charge is 2.45. The molecule has 162 valence electrons. The van der Waals surface area contributed by atoms with Crippen LogP contribution >= 0.6 is 38.9 Å². The van der Waals surface area contributed by atoms with E-state index in [-0.39, 0.29) is 11.9 Å². The quantitative estimate of drug-likeness (QED) is 0.523. The lowest BCUT2D eigenvalue weighted by Gasteiger charge is -2.27. The number of hydrogen-bond donors (Lipinski definition) is 2. The van der Waals surface area contributed by atoms with Crippen LogP contribution in [0.4, 0.5) is 10.7 Å². The minimum absolute atomic E-state index is 0.297. The maximum absolute atomic E-state index is 12.0. The Labute approximate surface area is 193 Å². The number of carbonyl (C=O) groups excluding carboxylic acids is 2. The van der Waals surface area contributed by atoms with Gasteiger partial charge in [0, 0.05) is 25.8 Å². The molecule has 1 saturated heterocycles. The number of rotatable bonds is 8. The lowest BCUT2D eigenvalue weighted by molar-refractivity contribution is -0.125. The average molecular weight is 516 g/mol. The first kappa shape index (κ1) is 22.9. The predicted octanol–water partition coefficient (Wildman–Crippen LogP) is 3.47. The number of anilines is 1. The topological polar surface area (TPSA) is 90.5 Å². The van der Waals surface area contributed by atoms with E-state index in [2.05, 4.69) is 47.5 Å². The normalized spacial score (nSPS) is 15.8. The van der Waals surface area contributed by atoms with E-state index in [0.29, 0.717) is 19.0 Å². The molecule has 0 atom stereocenters. The van der Waals surface area contributed by atoms with Crippen molar-refractivity contribution in [3.8, 4) is 10.6 Å². The number of hydrogen-bond acceptors (Lipinski definition) is 7. The summed E-state index contributed by atoms with van der Waals surface area (Å²) in [6, 6.07) is 1.68. The molecular weight excluding hydrogens is 492 g/mol. The highest BCUT2D eigenvalue weighted by molar-refractivity contribution is 9.10. The molecule has 0 saturated carbocycles. The third kappa shape index (κ3) is 4.93. The van der Waals surface area contributed by atoms with E-state index < -0.39 is 5.54 Å². The molecule has 8 nitrogen and oxygen atoms in total. The summed E-state index contributed by atoms with van der Waals surface area (Å²) < 4.78 is 1.54. The summed E-state index contributed by atoms with van der Waals surface area (Å²) in [6.45, 7) is 5.10. The number of thiophene rings is 1. The molecule has 0 spiro atoms. The molecule has 0 aromatic carbocycles. The van der Waals surface area contributed by atoms with Gasteiger partial charge >= 0.3 is 6.03 Å². The maximum Gasteiger partial charge on any atom is 0.325 e. The van der Waals surface area contributed by atoms with E-state index in [1.54, 1.807) is 20.0 Å². The Kier molecular flexibility index (Phi) is 7.01. The Morgan fingerprint density at radius 1 is 1.37 bits per heavy atom. The van der Waals surface area contributed by atoms with Crippen LogP contribution in [0.15, 0.2) is 16.7 Å². The fraction of sp³-hybridized carbons (Fsp3) is 0.474. The zero-order chi connectivity index (χ0) is 22.1. The van der Waals surface area contributed by atoms with Crippen LogP contribution in [0.2, 0.25) is 4.34 Å². The van der Waals surface area contributed by atoms with Gasteiger partial charge in [0.2, 0.25) is 5.95 Å². The lowest BCUT2D eigenvalue weighted by Crippen LogP contribution is -2.46. The fourth-order valence-electron chi connectivity index (χ4n) is 3.02. The molecule has 0 aliphatic carbocycles. The molecule has 0 bridgehead atoms. The Morgan fingerprint density at radius 2 is 2.10 bits per heavy atom. The highest BCUT2D eigenvalue weighted by Crippen LogP contribution is 2.37. The van der Waals surface area contributed by atoms with Crippen molar-refractivity contribution in [3.63, 3.8) is 0 Å². The molecule has 30 heavy (non-hydrogen) atoms. The van der Waals surface area contributed by atoms with Crippen LogP contribution in [-0.2, 0) is 11.2 Å². The molecule has 1 fully saturated rings. The number of likely N-dealkylation sites (N-methyl/N-ethyl adjacent to an activating group) is 1. The van der Waals surface area contributed by atoms with Gasteiger partial charge in [-0.1, -0.05) is 11.6 Å². The van der Waals surface area contributed by atoms with Crippen LogP contribution in [0, 0.1) is 0 Å². The SMILES string of the molecule is CN(C)CCc1cc(-c2nc(NCCN3C(=O)NC(=O)C3(C)C)ncc2Br)sc1Cl. The van der Waals surface area contributed by atoms with Crippen molar-refractivity contribution in [2.24, 2.45) is 0 Å². The summed E-state index contributed by atoms with van der Waals surface area (Å²) in [5, 5.41) is 5.47. The highest BCUT2D eigenvalue weighted by atomic mass is 79.9. The summed E-state index contributed by atoms with van der Waals surface area (Å²) in [5.74, 6) is 0.144. The number of amides is 3. The van der Waals surface area contributed by atoms with E-state index in [1.807, 2.05) is 14.1 Å². The largest absolute Gasteiger partial charge is 0.352 e. The van der Waals surface area contributed by atoms with Crippen LogP contribution in [0.5, 0.6) is 0 Å². The zero-order valence-corrected chi connectivity index (χ0v) is 20.4. The van der Waals surface area contributed by atoms with Crippen molar-refractivity contribution in [1.82, 2.24) is 25.1 Å². The molecule has 11 heteroatoms. The third-order valence-corrected chi connectivity index (χ3v) is 6.90. The number of nitrogens with one attached hydrogen (secondary N) is 2. The number of carbonyl (C=O) groups is 2. The Bertz CT molecular complexity index is 964. The van der Waals surface area contributed by atoms with Gasteiger partial charge in [0.05, 0.1) is 13.7 Å². The number of imide groups is 1. The van der Waals surface area contributed by atoms with Crippen LogP contribution in [0.3, 0.4) is 0 Å². The number of urea groups is 1. The van der Waals surface area contributed by atoms with E-state index in [1.165, 1.54) is 16.2 Å². The number of nitrogens with zero attached hydrogens (tertiary/aromatic N) is 4. The monoisotopic (exact) mass is 514 g/mol. The number of halogens is 2. The smallest absolute Gasteiger partial charge is 0.325 e. The predicted molar refractivity (Wildman–Crippen MR) is 123 cm³/mol. The maximum atomic E-state index is 12.0. The second-order valence-corrected chi connectivity index (χ2v) is 10.3. The molecule has 1 aliphatic rings. The first-order chi connectivity index (χ1) is 14.1. The molecule has 3 amide bonds. The van der Waals surface area contributed by atoms with Gasteiger partial charge < -0.3 is 15.1 Å². The van der Waals surface area contributed by atoms with Gasteiger partial charge in [-0.25, -0.2) is 14.8 Å². The van der Waals surface area contributed by atoms with Gasteiger partial charge in [-0.15, -0.1) is 11.3 Å². The van der Waals surface area contributed by atoms with Crippen molar-refractivity contribution >= 4 is 56.8 Å². The van der Waals surface area contributed by atoms with Gasteiger partial charge in [-0.3, -0.25) is 10.1 Å². The van der Waals surface area contributed by atoms with Gasteiger partial charge in [0.25, 0.3) is 5.91 Å². The average Bonchev–Trinajstić information content (AvgIpc) is 3.12. The van der Waals surface area contributed by atoms with Gasteiger partial charge in [0.1, 0.15) is 11.2 Å². The lowest BCUT2D eigenvalue weighted by atomic mass is 10.0.